The molecule has 32 heavy (non-hydrogen) atoms. The molecule has 168 valence electrons. The van der Waals surface area contributed by atoms with Crippen molar-refractivity contribution in [1.29, 1.82) is 0 Å². The molecule has 0 radical (unpaired) electrons. The minimum absolute atomic E-state index is 0. The van der Waals surface area contributed by atoms with Crippen LogP contribution in [0.1, 0.15) is 25.0 Å². The van der Waals surface area contributed by atoms with Crippen molar-refractivity contribution in [3.8, 4) is 5.75 Å². The van der Waals surface area contributed by atoms with E-state index in [0.717, 1.165) is 32.1 Å². The first-order valence-electron chi connectivity index (χ1n) is 10.2. The quantitative estimate of drug-likeness (QED) is 0.553. The molecule has 1 aliphatic rings. The highest BCUT2D eigenvalue weighted by atomic mass is 79.9. The molecule has 4 rings (SSSR count). The Morgan fingerprint density at radius 1 is 1.22 bits per heavy atom. The molecule has 1 aliphatic heterocycles. The molecule has 3 N–H and O–H groups in total. The monoisotopic (exact) mass is 497 g/mol. The van der Waals surface area contributed by atoms with Crippen LogP contribution in [-0.2, 0) is 22.6 Å². The SMILES string of the molecule is C.COc1ccc2cc(Br)ccc2c1CN1C(=O)C(NC(=O)CN)CCc2ccccc21. The number of methoxy groups -OCH3 is 1. The van der Waals surface area contributed by atoms with E-state index in [2.05, 4.69) is 21.2 Å². The van der Waals surface area contributed by atoms with Crippen LogP contribution in [0.25, 0.3) is 10.8 Å². The zero-order valence-corrected chi connectivity index (χ0v) is 18.8. The summed E-state index contributed by atoms with van der Waals surface area (Å²) in [7, 11) is 1.63. The molecule has 6 nitrogen and oxygen atoms in total. The Balaban J connectivity index is 0.00000289. The Bertz CT molecular complexity index is 1150. The first-order valence-corrected chi connectivity index (χ1v) is 10.9. The number of carbonyl (C=O) groups is 2. The molecule has 0 fully saturated rings. The fourth-order valence-corrected chi connectivity index (χ4v) is 4.50. The first-order chi connectivity index (χ1) is 15.0. The van der Waals surface area contributed by atoms with Gasteiger partial charge >= 0.3 is 0 Å². The van der Waals surface area contributed by atoms with E-state index in [1.54, 1.807) is 12.0 Å². The van der Waals surface area contributed by atoms with E-state index in [4.69, 9.17) is 10.5 Å². The smallest absolute Gasteiger partial charge is 0.249 e. The molecule has 3 aromatic carbocycles. The molecule has 0 bridgehead atoms. The molecular formula is C25H28BrN3O3. The Hall–Kier alpha value is -2.90. The lowest BCUT2D eigenvalue weighted by atomic mass is 10.0. The Kier molecular flexibility index (Phi) is 7.53. The number of nitrogens with zero attached hydrogens (tertiary/aromatic N) is 1. The fourth-order valence-electron chi connectivity index (χ4n) is 4.12. The molecule has 0 aromatic heterocycles. The number of hydrogen-bond donors (Lipinski definition) is 2. The lowest BCUT2D eigenvalue weighted by molar-refractivity contribution is -0.127. The Morgan fingerprint density at radius 3 is 2.75 bits per heavy atom. The molecule has 0 saturated heterocycles. The van der Waals surface area contributed by atoms with Gasteiger partial charge in [0, 0.05) is 15.7 Å². The van der Waals surface area contributed by atoms with Crippen molar-refractivity contribution < 1.29 is 14.3 Å². The number of nitrogens with one attached hydrogen (secondary N) is 1. The van der Waals surface area contributed by atoms with E-state index in [1.807, 2.05) is 54.6 Å². The van der Waals surface area contributed by atoms with Gasteiger partial charge < -0.3 is 20.7 Å². The van der Waals surface area contributed by atoms with Crippen LogP contribution in [0, 0.1) is 0 Å². The second-order valence-corrected chi connectivity index (χ2v) is 8.44. The molecule has 0 spiro atoms. The van der Waals surface area contributed by atoms with Crippen LogP contribution in [-0.4, -0.2) is 31.5 Å². The minimum atomic E-state index is -0.626. The van der Waals surface area contributed by atoms with Gasteiger partial charge in [0.2, 0.25) is 11.8 Å². The number of nitrogens with two attached hydrogens (primary N) is 1. The number of halogens is 1. The maximum atomic E-state index is 13.6. The van der Waals surface area contributed by atoms with Crippen molar-refractivity contribution in [2.45, 2.75) is 32.9 Å². The van der Waals surface area contributed by atoms with Crippen molar-refractivity contribution in [1.82, 2.24) is 5.32 Å². The van der Waals surface area contributed by atoms with Gasteiger partial charge in [0.15, 0.2) is 0 Å². The lowest BCUT2D eigenvalue weighted by Crippen LogP contribution is -2.49. The number of anilines is 1. The first kappa shape index (κ1) is 23.8. The average molecular weight is 498 g/mol. The number of benzene rings is 3. The molecule has 1 unspecified atom stereocenters. The van der Waals surface area contributed by atoms with Gasteiger partial charge in [-0.05, 0) is 53.4 Å². The normalized spacial score (nSPS) is 15.5. The Labute approximate surface area is 196 Å². The average Bonchev–Trinajstić information content (AvgIpc) is 2.91. The maximum Gasteiger partial charge on any atom is 0.249 e. The third-order valence-electron chi connectivity index (χ3n) is 5.66. The summed E-state index contributed by atoms with van der Waals surface area (Å²) in [6.07, 6.45) is 1.21. The number of amides is 2. The van der Waals surface area contributed by atoms with Crippen LogP contribution in [0.3, 0.4) is 0 Å². The van der Waals surface area contributed by atoms with Gasteiger partial charge in [0.1, 0.15) is 11.8 Å². The second kappa shape index (κ2) is 10.1. The van der Waals surface area contributed by atoms with Gasteiger partial charge in [-0.15, -0.1) is 0 Å². The third kappa shape index (κ3) is 4.64. The van der Waals surface area contributed by atoms with Crippen LogP contribution < -0.4 is 20.7 Å². The summed E-state index contributed by atoms with van der Waals surface area (Å²) in [5, 5.41) is 4.85. The summed E-state index contributed by atoms with van der Waals surface area (Å²) >= 11 is 3.52. The molecule has 1 heterocycles. The minimum Gasteiger partial charge on any atom is -0.496 e. The third-order valence-corrected chi connectivity index (χ3v) is 6.15. The van der Waals surface area contributed by atoms with Crippen molar-refractivity contribution in [2.75, 3.05) is 18.6 Å². The number of para-hydroxylation sites is 1. The summed E-state index contributed by atoms with van der Waals surface area (Å²) < 4.78 is 6.64. The largest absolute Gasteiger partial charge is 0.496 e. The van der Waals surface area contributed by atoms with Crippen molar-refractivity contribution >= 4 is 44.2 Å². The number of aryl methyl sites for hydroxylation is 1. The van der Waals surface area contributed by atoms with E-state index < -0.39 is 6.04 Å². The predicted molar refractivity (Wildman–Crippen MR) is 132 cm³/mol. The van der Waals surface area contributed by atoms with E-state index in [1.165, 1.54) is 0 Å². The van der Waals surface area contributed by atoms with Gasteiger partial charge in [-0.25, -0.2) is 0 Å². The topological polar surface area (TPSA) is 84.7 Å². The van der Waals surface area contributed by atoms with Crippen LogP contribution in [0.2, 0.25) is 0 Å². The van der Waals surface area contributed by atoms with Crippen LogP contribution in [0.5, 0.6) is 5.75 Å². The number of ether oxygens (including phenoxy) is 1. The molecule has 0 saturated carbocycles. The fraction of sp³-hybridized carbons (Fsp3) is 0.280. The summed E-state index contributed by atoms with van der Waals surface area (Å²) in [4.78, 5) is 27.3. The Morgan fingerprint density at radius 2 is 2.00 bits per heavy atom. The zero-order valence-electron chi connectivity index (χ0n) is 17.2. The molecule has 3 aromatic rings. The molecule has 1 atom stereocenters. The molecule has 0 aliphatic carbocycles. The van der Waals surface area contributed by atoms with E-state index in [9.17, 15) is 9.59 Å². The number of carbonyl (C=O) groups excluding carboxylic acids is 2. The van der Waals surface area contributed by atoms with Crippen LogP contribution >= 0.6 is 15.9 Å². The van der Waals surface area contributed by atoms with Crippen LogP contribution in [0.4, 0.5) is 5.69 Å². The van der Waals surface area contributed by atoms with Gasteiger partial charge in [-0.2, -0.15) is 0 Å². The van der Waals surface area contributed by atoms with E-state index in [-0.39, 0.29) is 25.8 Å². The second-order valence-electron chi connectivity index (χ2n) is 7.53. The number of rotatable bonds is 5. The van der Waals surface area contributed by atoms with E-state index >= 15 is 0 Å². The highest BCUT2D eigenvalue weighted by Crippen LogP contribution is 2.34. The maximum absolute atomic E-state index is 13.6. The lowest BCUT2D eigenvalue weighted by Gasteiger charge is -2.27. The summed E-state index contributed by atoms with van der Waals surface area (Å²) in [6.45, 7) is 0.176. The van der Waals surface area contributed by atoms with Crippen LogP contribution in [0.15, 0.2) is 59.1 Å². The summed E-state index contributed by atoms with van der Waals surface area (Å²) in [5.74, 6) is 0.228. The number of fused-ring (bicyclic) bond motifs is 2. The van der Waals surface area contributed by atoms with Crippen molar-refractivity contribution in [3.05, 3.63) is 70.2 Å². The summed E-state index contributed by atoms with van der Waals surface area (Å²) in [6, 6.07) is 17.2. The van der Waals surface area contributed by atoms with Gasteiger partial charge in [-0.1, -0.05) is 53.7 Å². The van der Waals surface area contributed by atoms with Crippen molar-refractivity contribution in [2.24, 2.45) is 5.73 Å². The molecular weight excluding hydrogens is 470 g/mol. The molecule has 7 heteroatoms. The van der Waals surface area contributed by atoms with Gasteiger partial charge in [-0.3, -0.25) is 9.59 Å². The number of hydrogen-bond acceptors (Lipinski definition) is 4. The van der Waals surface area contributed by atoms with Gasteiger partial charge in [0.25, 0.3) is 0 Å². The summed E-state index contributed by atoms with van der Waals surface area (Å²) in [5.41, 5.74) is 8.32. The molecule has 2 amide bonds. The van der Waals surface area contributed by atoms with Gasteiger partial charge in [0.05, 0.1) is 20.2 Å². The highest BCUT2D eigenvalue weighted by molar-refractivity contribution is 9.10. The standard InChI is InChI=1S/C24H24BrN3O3.CH4/c1-31-22-11-7-16-12-17(25)8-9-18(16)19(22)14-28-21-5-3-2-4-15(21)6-10-20(24(28)30)27-23(29)13-26;/h2-5,7-9,11-12,20H,6,10,13-14,26H2,1H3,(H,27,29);1H4. The predicted octanol–water partition coefficient (Wildman–Crippen LogP) is 4.17. The zero-order chi connectivity index (χ0) is 22.0. The van der Waals surface area contributed by atoms with E-state index in [0.29, 0.717) is 25.1 Å². The highest BCUT2D eigenvalue weighted by Gasteiger charge is 2.32. The van der Waals surface area contributed by atoms with Crippen molar-refractivity contribution in [3.63, 3.8) is 0 Å².